The number of nitrogens with two attached hydrogens (primary N) is 1. The fraction of sp³-hybridized carbons (Fsp3) is 0.238. The van der Waals surface area contributed by atoms with Gasteiger partial charge in [-0.25, -0.2) is 0 Å². The van der Waals surface area contributed by atoms with Crippen molar-refractivity contribution < 1.29 is 19.0 Å². The maximum atomic E-state index is 12.1. The van der Waals surface area contributed by atoms with E-state index in [0.717, 1.165) is 23.3 Å². The SMILES string of the molecule is N=C(N)c1ccc2c(c1)C(CCNC(=O)/C=C/c1ccc3c(c1)OCO3)CO2. The maximum Gasteiger partial charge on any atom is 0.243 e. The van der Waals surface area contributed by atoms with E-state index in [1.807, 2.05) is 30.3 Å². The van der Waals surface area contributed by atoms with E-state index in [4.69, 9.17) is 25.4 Å². The van der Waals surface area contributed by atoms with Crippen LogP contribution in [0.15, 0.2) is 42.5 Å². The third-order valence-electron chi connectivity index (χ3n) is 4.82. The lowest BCUT2D eigenvalue weighted by molar-refractivity contribution is -0.116. The van der Waals surface area contributed by atoms with E-state index in [-0.39, 0.29) is 24.5 Å². The summed E-state index contributed by atoms with van der Waals surface area (Å²) < 4.78 is 16.3. The number of carbonyl (C=O) groups is 1. The molecule has 0 fully saturated rings. The molecule has 0 saturated heterocycles. The molecule has 0 bridgehead atoms. The molecule has 4 rings (SSSR count). The van der Waals surface area contributed by atoms with Gasteiger partial charge in [0.1, 0.15) is 11.6 Å². The first-order chi connectivity index (χ1) is 13.6. The standard InChI is InChI=1S/C21H21N3O4/c22-21(23)14-3-5-17-16(10-14)15(11-26-17)7-8-24-20(25)6-2-13-1-4-18-19(9-13)28-12-27-18/h1-6,9-10,15H,7-8,11-12H2,(H3,22,23)(H,24,25)/b6-2+. The predicted molar refractivity (Wildman–Crippen MR) is 105 cm³/mol. The summed E-state index contributed by atoms with van der Waals surface area (Å²) in [5.74, 6) is 2.28. The van der Waals surface area contributed by atoms with Crippen molar-refractivity contribution >= 4 is 17.8 Å². The van der Waals surface area contributed by atoms with Crippen LogP contribution in [0.1, 0.15) is 29.0 Å². The Morgan fingerprint density at radius 3 is 2.82 bits per heavy atom. The molecule has 2 aliphatic rings. The van der Waals surface area contributed by atoms with Gasteiger partial charge in [0.15, 0.2) is 11.5 Å². The van der Waals surface area contributed by atoms with Gasteiger partial charge in [-0.3, -0.25) is 10.2 Å². The monoisotopic (exact) mass is 379 g/mol. The second-order valence-corrected chi connectivity index (χ2v) is 6.70. The Bertz CT molecular complexity index is 955. The smallest absolute Gasteiger partial charge is 0.243 e. The summed E-state index contributed by atoms with van der Waals surface area (Å²) in [7, 11) is 0. The predicted octanol–water partition coefficient (Wildman–Crippen LogP) is 2.40. The summed E-state index contributed by atoms with van der Waals surface area (Å²) in [6, 6.07) is 11.1. The molecule has 2 aromatic carbocycles. The number of ether oxygens (including phenoxy) is 3. The van der Waals surface area contributed by atoms with Crippen LogP contribution in [0.2, 0.25) is 0 Å². The van der Waals surface area contributed by atoms with Crippen LogP contribution in [-0.4, -0.2) is 31.7 Å². The number of amidine groups is 1. The summed E-state index contributed by atoms with van der Waals surface area (Å²) in [5, 5.41) is 10.5. The fourth-order valence-corrected chi connectivity index (χ4v) is 3.30. The minimum atomic E-state index is -0.158. The highest BCUT2D eigenvalue weighted by Crippen LogP contribution is 2.36. The Labute approximate surface area is 162 Å². The maximum absolute atomic E-state index is 12.1. The van der Waals surface area contributed by atoms with Crippen molar-refractivity contribution in [3.8, 4) is 17.2 Å². The summed E-state index contributed by atoms with van der Waals surface area (Å²) in [5.41, 5.74) is 8.16. The molecule has 4 N–H and O–H groups in total. The molecule has 0 spiro atoms. The van der Waals surface area contributed by atoms with Crippen molar-refractivity contribution in [2.45, 2.75) is 12.3 Å². The molecule has 2 aromatic rings. The van der Waals surface area contributed by atoms with Gasteiger partial charge in [-0.2, -0.15) is 0 Å². The summed E-state index contributed by atoms with van der Waals surface area (Å²) in [4.78, 5) is 12.1. The Morgan fingerprint density at radius 2 is 1.96 bits per heavy atom. The summed E-state index contributed by atoms with van der Waals surface area (Å²) >= 11 is 0. The number of carbonyl (C=O) groups excluding carboxylic acids is 1. The molecule has 2 heterocycles. The molecular weight excluding hydrogens is 358 g/mol. The molecule has 0 radical (unpaired) electrons. The summed E-state index contributed by atoms with van der Waals surface area (Å²) in [6.07, 6.45) is 3.99. The van der Waals surface area contributed by atoms with Gasteiger partial charge in [-0.15, -0.1) is 0 Å². The number of rotatable bonds is 6. The van der Waals surface area contributed by atoms with Gasteiger partial charge in [0.25, 0.3) is 0 Å². The largest absolute Gasteiger partial charge is 0.493 e. The molecule has 0 aromatic heterocycles. The van der Waals surface area contributed by atoms with Crippen LogP contribution >= 0.6 is 0 Å². The van der Waals surface area contributed by atoms with Gasteiger partial charge < -0.3 is 25.3 Å². The van der Waals surface area contributed by atoms with Crippen LogP contribution in [-0.2, 0) is 4.79 Å². The number of hydrogen-bond donors (Lipinski definition) is 3. The quantitative estimate of drug-likeness (QED) is 0.406. The zero-order valence-electron chi connectivity index (χ0n) is 15.2. The first-order valence-electron chi connectivity index (χ1n) is 9.07. The van der Waals surface area contributed by atoms with E-state index in [2.05, 4.69) is 5.32 Å². The van der Waals surface area contributed by atoms with E-state index in [1.54, 1.807) is 12.1 Å². The number of fused-ring (bicyclic) bond motifs is 2. The minimum Gasteiger partial charge on any atom is -0.493 e. The van der Waals surface area contributed by atoms with Crippen LogP contribution in [0.3, 0.4) is 0 Å². The number of benzene rings is 2. The zero-order chi connectivity index (χ0) is 19.5. The van der Waals surface area contributed by atoms with Crippen molar-refractivity contribution in [3.05, 3.63) is 59.2 Å². The summed E-state index contributed by atoms with van der Waals surface area (Å²) in [6.45, 7) is 1.33. The molecule has 144 valence electrons. The van der Waals surface area contributed by atoms with E-state index in [9.17, 15) is 4.79 Å². The second-order valence-electron chi connectivity index (χ2n) is 6.70. The topological polar surface area (TPSA) is 107 Å². The van der Waals surface area contributed by atoms with Crippen molar-refractivity contribution in [1.29, 1.82) is 5.41 Å². The molecule has 2 aliphatic heterocycles. The van der Waals surface area contributed by atoms with Crippen molar-refractivity contribution in [1.82, 2.24) is 5.32 Å². The van der Waals surface area contributed by atoms with Gasteiger partial charge in [0.2, 0.25) is 12.7 Å². The highest BCUT2D eigenvalue weighted by molar-refractivity contribution is 5.95. The van der Waals surface area contributed by atoms with Crippen LogP contribution in [0.25, 0.3) is 6.08 Å². The Hall–Kier alpha value is -3.48. The third kappa shape index (κ3) is 3.78. The molecular formula is C21H21N3O4. The lowest BCUT2D eigenvalue weighted by Gasteiger charge is -2.10. The third-order valence-corrected chi connectivity index (χ3v) is 4.82. The first-order valence-corrected chi connectivity index (χ1v) is 9.07. The van der Waals surface area contributed by atoms with Crippen LogP contribution in [0, 0.1) is 5.41 Å². The Morgan fingerprint density at radius 1 is 1.14 bits per heavy atom. The van der Waals surface area contributed by atoms with Gasteiger partial charge in [-0.1, -0.05) is 6.07 Å². The molecule has 1 atom stereocenters. The molecule has 1 amide bonds. The van der Waals surface area contributed by atoms with Crippen LogP contribution in [0.5, 0.6) is 17.2 Å². The van der Waals surface area contributed by atoms with Crippen molar-refractivity contribution in [3.63, 3.8) is 0 Å². The second kappa shape index (κ2) is 7.64. The highest BCUT2D eigenvalue weighted by atomic mass is 16.7. The number of nitrogens with one attached hydrogen (secondary N) is 2. The van der Waals surface area contributed by atoms with Gasteiger partial charge in [-0.05, 0) is 48.4 Å². The average molecular weight is 379 g/mol. The van der Waals surface area contributed by atoms with Crippen LogP contribution in [0.4, 0.5) is 0 Å². The minimum absolute atomic E-state index is 0.0374. The zero-order valence-corrected chi connectivity index (χ0v) is 15.2. The van der Waals surface area contributed by atoms with E-state index >= 15 is 0 Å². The van der Waals surface area contributed by atoms with E-state index in [1.165, 1.54) is 6.08 Å². The molecule has 7 heteroatoms. The first kappa shape index (κ1) is 17.9. The van der Waals surface area contributed by atoms with Crippen molar-refractivity contribution in [2.75, 3.05) is 19.9 Å². The Balaban J connectivity index is 1.30. The fourth-order valence-electron chi connectivity index (χ4n) is 3.30. The van der Waals surface area contributed by atoms with E-state index < -0.39 is 0 Å². The molecule has 0 saturated carbocycles. The van der Waals surface area contributed by atoms with Crippen LogP contribution < -0.4 is 25.3 Å². The van der Waals surface area contributed by atoms with Crippen molar-refractivity contribution in [2.24, 2.45) is 5.73 Å². The number of hydrogen-bond acceptors (Lipinski definition) is 5. The molecule has 0 aliphatic carbocycles. The molecule has 1 unspecified atom stereocenters. The Kier molecular flexibility index (Phi) is 4.89. The average Bonchev–Trinajstić information content (AvgIpc) is 3.32. The molecule has 28 heavy (non-hydrogen) atoms. The van der Waals surface area contributed by atoms with Gasteiger partial charge >= 0.3 is 0 Å². The van der Waals surface area contributed by atoms with Gasteiger partial charge in [0.05, 0.1) is 6.61 Å². The van der Waals surface area contributed by atoms with Gasteiger partial charge in [0, 0.05) is 29.7 Å². The lowest BCUT2D eigenvalue weighted by Crippen LogP contribution is -2.24. The lowest BCUT2D eigenvalue weighted by atomic mass is 9.96. The van der Waals surface area contributed by atoms with E-state index in [0.29, 0.717) is 30.2 Å². The number of nitrogen functional groups attached to an aromatic ring is 1. The molecule has 7 nitrogen and oxygen atoms in total. The highest BCUT2D eigenvalue weighted by Gasteiger charge is 2.24. The number of amides is 1. The normalized spacial score (nSPS) is 16.6.